The number of carboxylic acid groups (broad SMARTS) is 1. The molecule has 19 heteroatoms. The van der Waals surface area contributed by atoms with Crippen LogP contribution in [0.3, 0.4) is 0 Å². The van der Waals surface area contributed by atoms with Gasteiger partial charge < -0.3 is 36.4 Å². The molecule has 3 atom stereocenters. The molecule has 4 rings (SSSR count). The molecule has 2 amide bonds. The number of amidine groups is 1. The molecular formula is C24H30N8O9S2. The molecule has 2 saturated heterocycles. The Hall–Kier alpha value is -4.33. The molecule has 0 saturated carbocycles. The zero-order chi connectivity index (χ0) is 31.5. The van der Waals surface area contributed by atoms with Gasteiger partial charge in [0, 0.05) is 23.5 Å². The number of carboxylic acids is 1. The third-order valence-corrected chi connectivity index (χ3v) is 8.45. The number of carbonyl (C=O) groups is 3. The van der Waals surface area contributed by atoms with Gasteiger partial charge in [-0.3, -0.25) is 19.6 Å². The smallest absolute Gasteiger partial charge is 0.362 e. The van der Waals surface area contributed by atoms with Crippen molar-refractivity contribution >= 4 is 56.1 Å². The van der Waals surface area contributed by atoms with Crippen LogP contribution in [0.25, 0.3) is 0 Å². The number of nitrogen functional groups attached to an aromatic ring is 1. The monoisotopic (exact) mass is 638 g/mol. The Bertz CT molecular complexity index is 1540. The molecule has 0 unspecified atom stereocenters. The second kappa shape index (κ2) is 12.5. The summed E-state index contributed by atoms with van der Waals surface area (Å²) in [6.45, 7) is 3.74. The number of amides is 2. The lowest BCUT2D eigenvalue weighted by Crippen LogP contribution is -2.77. The van der Waals surface area contributed by atoms with Crippen LogP contribution in [-0.4, -0.2) is 100 Å². The molecule has 1 aromatic carbocycles. The number of nitrogens with two attached hydrogens (primary N) is 1. The molecule has 2 aromatic rings. The summed E-state index contributed by atoms with van der Waals surface area (Å²) in [5.41, 5.74) is 4.11. The number of benzene rings is 1. The topological polar surface area (TPSA) is 259 Å². The van der Waals surface area contributed by atoms with E-state index in [-0.39, 0.29) is 32.8 Å². The summed E-state index contributed by atoms with van der Waals surface area (Å²) >= 11 is 0.952. The highest BCUT2D eigenvalue weighted by molar-refractivity contribution is 7.84. The number of aromatic nitrogens is 1. The minimum Gasteiger partial charge on any atom is -0.489 e. The minimum absolute atomic E-state index is 0.0536. The van der Waals surface area contributed by atoms with Crippen LogP contribution < -0.4 is 26.4 Å². The van der Waals surface area contributed by atoms with Gasteiger partial charge in [-0.25, -0.2) is 14.1 Å². The fourth-order valence-electron chi connectivity index (χ4n) is 4.42. The number of carbonyl (C=O) groups excluding carboxylic acids is 2. The van der Waals surface area contributed by atoms with E-state index in [1.54, 1.807) is 24.3 Å². The summed E-state index contributed by atoms with van der Waals surface area (Å²) in [4.78, 5) is 46.5. The van der Waals surface area contributed by atoms with Crippen molar-refractivity contribution in [2.24, 2.45) is 5.16 Å². The van der Waals surface area contributed by atoms with Crippen molar-refractivity contribution in [2.45, 2.75) is 44.0 Å². The lowest BCUT2D eigenvalue weighted by Gasteiger charge is -2.50. The van der Waals surface area contributed by atoms with Gasteiger partial charge in [0.1, 0.15) is 29.9 Å². The van der Waals surface area contributed by atoms with Crippen molar-refractivity contribution in [2.75, 3.05) is 25.4 Å². The van der Waals surface area contributed by atoms with E-state index in [0.717, 1.165) is 30.8 Å². The van der Waals surface area contributed by atoms with Gasteiger partial charge in [-0.1, -0.05) is 5.16 Å². The fraction of sp³-hybridized carbons (Fsp3) is 0.417. The summed E-state index contributed by atoms with van der Waals surface area (Å²) in [6.07, 6.45) is -0.782. The van der Waals surface area contributed by atoms with Crippen LogP contribution in [0.1, 0.15) is 31.5 Å². The molecule has 43 heavy (non-hydrogen) atoms. The molecule has 0 spiro atoms. The van der Waals surface area contributed by atoms with E-state index in [1.165, 1.54) is 19.2 Å². The Morgan fingerprint density at radius 3 is 2.56 bits per heavy atom. The number of nitrogens with zero attached hydrogens (tertiary/aromatic N) is 3. The van der Waals surface area contributed by atoms with E-state index in [4.69, 9.17) is 20.7 Å². The number of β-lactam (4-membered cyclic amide) rings is 1. The highest BCUT2D eigenvalue weighted by atomic mass is 32.2. The van der Waals surface area contributed by atoms with Crippen molar-refractivity contribution in [3.63, 3.8) is 0 Å². The Labute approximate surface area is 249 Å². The Balaban J connectivity index is 1.43. The van der Waals surface area contributed by atoms with Crippen molar-refractivity contribution in [3.05, 3.63) is 40.9 Å². The van der Waals surface area contributed by atoms with Crippen LogP contribution in [0.2, 0.25) is 0 Å². The number of thiazole rings is 1. The van der Waals surface area contributed by atoms with Gasteiger partial charge in [-0.2, -0.15) is 8.42 Å². The van der Waals surface area contributed by atoms with Crippen LogP contribution in [0.4, 0.5) is 5.13 Å². The molecule has 0 bridgehead atoms. The molecule has 2 aliphatic heterocycles. The van der Waals surface area contributed by atoms with Gasteiger partial charge >= 0.3 is 16.3 Å². The normalized spacial score (nSPS) is 20.6. The van der Waals surface area contributed by atoms with Crippen LogP contribution in [0.5, 0.6) is 5.75 Å². The largest absolute Gasteiger partial charge is 0.489 e. The number of aliphatic carboxylic acids is 1. The molecule has 3 heterocycles. The van der Waals surface area contributed by atoms with Crippen LogP contribution in [-0.2, 0) is 29.5 Å². The van der Waals surface area contributed by atoms with Gasteiger partial charge in [0.25, 0.3) is 17.9 Å². The molecule has 0 aliphatic carbocycles. The van der Waals surface area contributed by atoms with Crippen molar-refractivity contribution in [1.82, 2.24) is 25.2 Å². The minimum atomic E-state index is -4.88. The molecule has 17 nitrogen and oxygen atoms in total. The molecule has 232 valence electrons. The first-order valence-electron chi connectivity index (χ1n) is 12.8. The Morgan fingerprint density at radius 1 is 1.33 bits per heavy atom. The summed E-state index contributed by atoms with van der Waals surface area (Å²) in [7, 11) is -4.88. The van der Waals surface area contributed by atoms with Gasteiger partial charge in [0.05, 0.1) is 5.54 Å². The molecule has 8 N–H and O–H groups in total. The molecule has 2 fully saturated rings. The van der Waals surface area contributed by atoms with Crippen LogP contribution in [0, 0.1) is 5.41 Å². The lowest BCUT2D eigenvalue weighted by molar-refractivity contribution is -0.152. The maximum atomic E-state index is 13.1. The number of hydrogen-bond donors (Lipinski definition) is 7. The van der Waals surface area contributed by atoms with E-state index in [9.17, 15) is 32.5 Å². The zero-order valence-corrected chi connectivity index (χ0v) is 24.6. The number of rotatable bonds is 12. The third kappa shape index (κ3) is 7.19. The lowest BCUT2D eigenvalue weighted by atomic mass is 9.85. The number of ether oxygens (including phenoxy) is 1. The average molecular weight is 639 g/mol. The van der Waals surface area contributed by atoms with Crippen LogP contribution in [0.15, 0.2) is 34.8 Å². The third-order valence-electron chi connectivity index (χ3n) is 6.66. The zero-order valence-electron chi connectivity index (χ0n) is 22.9. The Kier molecular flexibility index (Phi) is 9.18. The predicted molar refractivity (Wildman–Crippen MR) is 153 cm³/mol. The SMILES string of the molecule is CC1(C)[C@H](NC(=O)C(=NO[C@@H](COc2ccc(C(=N)N[C@@H]3CCNC3)cc2)C(=O)O)c2csc(N)n2)C(=O)N1S(=O)(=O)O. The maximum Gasteiger partial charge on any atom is 0.362 e. The van der Waals surface area contributed by atoms with E-state index >= 15 is 0 Å². The van der Waals surface area contributed by atoms with Gasteiger partial charge in [-0.05, 0) is 51.1 Å². The van der Waals surface area contributed by atoms with Crippen molar-refractivity contribution in [3.8, 4) is 5.75 Å². The van der Waals surface area contributed by atoms with Gasteiger partial charge in [-0.15, -0.1) is 11.3 Å². The summed E-state index contributed by atoms with van der Waals surface area (Å²) < 4.78 is 38.2. The quantitative estimate of drug-likeness (QED) is 0.0493. The first-order chi connectivity index (χ1) is 20.2. The number of oxime groups is 1. The summed E-state index contributed by atoms with van der Waals surface area (Å²) in [5, 5.41) is 31.6. The number of hydrogen-bond acceptors (Lipinski definition) is 13. The molecule has 0 radical (unpaired) electrons. The second-order valence-electron chi connectivity index (χ2n) is 10.1. The maximum absolute atomic E-state index is 13.1. The van der Waals surface area contributed by atoms with Crippen molar-refractivity contribution in [1.29, 1.82) is 5.41 Å². The summed E-state index contributed by atoms with van der Waals surface area (Å²) in [5.74, 6) is -3.07. The predicted octanol–water partition coefficient (Wildman–Crippen LogP) is -0.837. The highest BCUT2D eigenvalue weighted by Gasteiger charge is 2.60. The van der Waals surface area contributed by atoms with Gasteiger partial charge in [0.15, 0.2) is 10.8 Å². The molecule has 1 aromatic heterocycles. The molecular weight excluding hydrogens is 608 g/mol. The van der Waals surface area contributed by atoms with Crippen LogP contribution >= 0.6 is 11.3 Å². The Morgan fingerprint density at radius 2 is 2.02 bits per heavy atom. The standard InChI is InChI=1S/C24H30N8O9S2/c1-24(2)18(21(34)32(24)43(37,38)39)30-20(33)17(15-11-42-23(26)29-15)31-41-16(22(35)36)10-40-14-5-3-12(4-6-14)19(25)28-13-7-8-27-9-13/h3-6,11,13,16,18,27H,7-10H2,1-2H3,(H2,25,28)(H2,26,29)(H,30,33)(H,35,36)(H,37,38,39)/t13-,16+,18-/m1/s1. The van der Waals surface area contributed by atoms with Crippen molar-refractivity contribution < 1.29 is 42.0 Å². The summed E-state index contributed by atoms with van der Waals surface area (Å²) in [6, 6.07) is 5.19. The molecule has 2 aliphatic rings. The van der Waals surface area contributed by atoms with E-state index in [2.05, 4.69) is 26.1 Å². The second-order valence-corrected chi connectivity index (χ2v) is 12.3. The fourth-order valence-corrected chi connectivity index (χ4v) is 6.00. The number of nitrogens with one attached hydrogen (secondary N) is 4. The highest BCUT2D eigenvalue weighted by Crippen LogP contribution is 2.34. The number of anilines is 1. The first kappa shape index (κ1) is 31.6. The van der Waals surface area contributed by atoms with E-state index < -0.39 is 58.1 Å². The van der Waals surface area contributed by atoms with E-state index in [1.807, 2.05) is 0 Å². The first-order valence-corrected chi connectivity index (χ1v) is 15.1. The van der Waals surface area contributed by atoms with E-state index in [0.29, 0.717) is 5.56 Å². The average Bonchev–Trinajstić information content (AvgIpc) is 3.60. The van der Waals surface area contributed by atoms with Gasteiger partial charge in [0.2, 0.25) is 0 Å².